The molecule has 0 fully saturated rings. The highest BCUT2D eigenvalue weighted by Gasteiger charge is 2.16. The Morgan fingerprint density at radius 1 is 1.22 bits per heavy atom. The van der Waals surface area contributed by atoms with Gasteiger partial charge in [-0.3, -0.25) is 4.79 Å². The first-order chi connectivity index (χ1) is 10.5. The van der Waals surface area contributed by atoms with Crippen molar-refractivity contribution < 1.29 is 19.0 Å². The number of ether oxygens (including phenoxy) is 3. The number of anilines is 1. The van der Waals surface area contributed by atoms with E-state index in [0.29, 0.717) is 42.7 Å². The Labute approximate surface area is 144 Å². The number of hydrogen-bond acceptors (Lipinski definition) is 5. The molecule has 0 aromatic heterocycles. The zero-order chi connectivity index (χ0) is 16.5. The fourth-order valence-electron chi connectivity index (χ4n) is 1.95. The molecule has 1 aromatic carbocycles. The molecule has 1 amide bonds. The lowest BCUT2D eigenvalue weighted by Crippen LogP contribution is -2.36. The van der Waals surface area contributed by atoms with Gasteiger partial charge in [-0.1, -0.05) is 13.8 Å². The molecule has 7 heteroatoms. The summed E-state index contributed by atoms with van der Waals surface area (Å²) in [4.78, 5) is 12.0. The van der Waals surface area contributed by atoms with E-state index < -0.39 is 6.04 Å². The Hall–Kier alpha value is -1.50. The van der Waals surface area contributed by atoms with Gasteiger partial charge in [-0.15, -0.1) is 12.4 Å². The third-order valence-electron chi connectivity index (χ3n) is 3.04. The first kappa shape index (κ1) is 21.5. The second-order valence-electron chi connectivity index (χ2n) is 5.43. The number of benzene rings is 1. The Bertz CT molecular complexity index is 483. The number of nitrogens with one attached hydrogen (secondary N) is 1. The average Bonchev–Trinajstić information content (AvgIpc) is 2.47. The van der Waals surface area contributed by atoms with Crippen molar-refractivity contribution in [1.29, 1.82) is 0 Å². The van der Waals surface area contributed by atoms with Gasteiger partial charge < -0.3 is 25.3 Å². The van der Waals surface area contributed by atoms with E-state index in [1.807, 2.05) is 13.8 Å². The molecule has 0 heterocycles. The molecule has 132 valence electrons. The normalized spacial score (nSPS) is 11.6. The molecule has 0 radical (unpaired) electrons. The predicted molar refractivity (Wildman–Crippen MR) is 93.7 cm³/mol. The minimum absolute atomic E-state index is 0. The number of rotatable bonds is 9. The molecule has 0 spiro atoms. The van der Waals surface area contributed by atoms with Crippen LogP contribution in [0.3, 0.4) is 0 Å². The third kappa shape index (κ3) is 7.54. The minimum atomic E-state index is -0.528. The number of halogens is 1. The zero-order valence-electron chi connectivity index (χ0n) is 14.1. The monoisotopic (exact) mass is 346 g/mol. The first-order valence-corrected chi connectivity index (χ1v) is 7.34. The first-order valence-electron chi connectivity index (χ1n) is 7.34. The number of carbonyl (C=O) groups excluding carboxylic acids is 1. The summed E-state index contributed by atoms with van der Waals surface area (Å²) in [5, 5.41) is 2.80. The zero-order valence-corrected chi connectivity index (χ0v) is 14.9. The molecule has 0 aliphatic heterocycles. The summed E-state index contributed by atoms with van der Waals surface area (Å²) in [6.07, 6.45) is 0.638. The summed E-state index contributed by atoms with van der Waals surface area (Å²) in [6, 6.07) is 4.68. The number of nitrogens with two attached hydrogens (primary N) is 1. The third-order valence-corrected chi connectivity index (χ3v) is 3.04. The van der Waals surface area contributed by atoms with E-state index in [0.717, 1.165) is 0 Å². The molecule has 1 aromatic rings. The van der Waals surface area contributed by atoms with Crippen LogP contribution >= 0.6 is 12.4 Å². The van der Waals surface area contributed by atoms with Crippen molar-refractivity contribution in [2.45, 2.75) is 26.3 Å². The van der Waals surface area contributed by atoms with Gasteiger partial charge in [0.1, 0.15) is 6.61 Å². The van der Waals surface area contributed by atoms with Gasteiger partial charge in [0.2, 0.25) is 5.91 Å². The lowest BCUT2D eigenvalue weighted by molar-refractivity contribution is -0.117. The highest BCUT2D eigenvalue weighted by molar-refractivity contribution is 5.94. The fourth-order valence-corrected chi connectivity index (χ4v) is 1.95. The summed E-state index contributed by atoms with van der Waals surface area (Å²) in [7, 11) is 3.17. The minimum Gasteiger partial charge on any atom is -0.493 e. The van der Waals surface area contributed by atoms with Crippen molar-refractivity contribution in [3.63, 3.8) is 0 Å². The van der Waals surface area contributed by atoms with Crippen LogP contribution in [0.2, 0.25) is 0 Å². The highest BCUT2D eigenvalue weighted by atomic mass is 35.5. The topological polar surface area (TPSA) is 82.8 Å². The predicted octanol–water partition coefficient (Wildman–Crippen LogP) is 2.45. The molecule has 3 N–H and O–H groups in total. The SMILES string of the molecule is COCCOc1cc(NC(=O)[C@@H](N)CC(C)C)ccc1OC.Cl. The van der Waals surface area contributed by atoms with Crippen LogP contribution in [0, 0.1) is 5.92 Å². The van der Waals surface area contributed by atoms with E-state index in [2.05, 4.69) is 5.32 Å². The number of amides is 1. The van der Waals surface area contributed by atoms with Crippen LogP contribution in [-0.2, 0) is 9.53 Å². The second-order valence-corrected chi connectivity index (χ2v) is 5.43. The number of hydrogen-bond donors (Lipinski definition) is 2. The van der Waals surface area contributed by atoms with Crippen molar-refractivity contribution in [3.8, 4) is 11.5 Å². The van der Waals surface area contributed by atoms with E-state index in [1.54, 1.807) is 32.4 Å². The molecular weight excluding hydrogens is 320 g/mol. The number of methoxy groups -OCH3 is 2. The summed E-state index contributed by atoms with van der Waals surface area (Å²) in [5.74, 6) is 1.31. The molecule has 1 rings (SSSR count). The van der Waals surface area contributed by atoms with Crippen molar-refractivity contribution in [2.75, 3.05) is 32.8 Å². The maximum absolute atomic E-state index is 12.0. The van der Waals surface area contributed by atoms with Gasteiger partial charge in [-0.25, -0.2) is 0 Å². The number of carbonyl (C=O) groups is 1. The van der Waals surface area contributed by atoms with Crippen molar-refractivity contribution in [3.05, 3.63) is 18.2 Å². The van der Waals surface area contributed by atoms with Gasteiger partial charge in [0.05, 0.1) is 19.8 Å². The van der Waals surface area contributed by atoms with Crippen LogP contribution in [0.25, 0.3) is 0 Å². The quantitative estimate of drug-likeness (QED) is 0.671. The van der Waals surface area contributed by atoms with Gasteiger partial charge in [0.15, 0.2) is 11.5 Å². The standard InChI is InChI=1S/C16H26N2O4.ClH/c1-11(2)9-13(17)16(19)18-12-5-6-14(21-4)15(10-12)22-8-7-20-3;/h5-6,10-11,13H,7-9,17H2,1-4H3,(H,18,19);1H/t13-;/m0./s1. The van der Waals surface area contributed by atoms with Crippen LogP contribution in [0.4, 0.5) is 5.69 Å². The van der Waals surface area contributed by atoms with Crippen LogP contribution in [-0.4, -0.2) is 39.4 Å². The van der Waals surface area contributed by atoms with Crippen LogP contribution in [0.15, 0.2) is 18.2 Å². The van der Waals surface area contributed by atoms with Gasteiger partial charge in [-0.2, -0.15) is 0 Å². The van der Waals surface area contributed by atoms with Crippen molar-refractivity contribution in [1.82, 2.24) is 0 Å². The van der Waals surface area contributed by atoms with Gasteiger partial charge in [0, 0.05) is 18.9 Å². The van der Waals surface area contributed by atoms with Gasteiger partial charge in [0.25, 0.3) is 0 Å². The fraction of sp³-hybridized carbons (Fsp3) is 0.562. The van der Waals surface area contributed by atoms with Crippen molar-refractivity contribution in [2.24, 2.45) is 11.7 Å². The van der Waals surface area contributed by atoms with Crippen LogP contribution in [0.5, 0.6) is 11.5 Å². The summed E-state index contributed by atoms with van der Waals surface area (Å²) < 4.78 is 15.8. The van der Waals surface area contributed by atoms with Gasteiger partial charge >= 0.3 is 0 Å². The molecule has 6 nitrogen and oxygen atoms in total. The van der Waals surface area contributed by atoms with E-state index in [-0.39, 0.29) is 18.3 Å². The Morgan fingerprint density at radius 2 is 1.91 bits per heavy atom. The Kier molecular flexibility index (Phi) is 10.4. The van der Waals surface area contributed by atoms with Gasteiger partial charge in [-0.05, 0) is 24.5 Å². The Balaban J connectivity index is 0.00000484. The molecule has 0 unspecified atom stereocenters. The van der Waals surface area contributed by atoms with Crippen molar-refractivity contribution >= 4 is 24.0 Å². The van der Waals surface area contributed by atoms with E-state index >= 15 is 0 Å². The Morgan fingerprint density at radius 3 is 2.48 bits per heavy atom. The second kappa shape index (κ2) is 11.1. The summed E-state index contributed by atoms with van der Waals surface area (Å²) in [6.45, 7) is 4.93. The molecule has 23 heavy (non-hydrogen) atoms. The molecule has 0 saturated heterocycles. The molecule has 0 saturated carbocycles. The molecule has 0 aliphatic carbocycles. The van der Waals surface area contributed by atoms with E-state index in [4.69, 9.17) is 19.9 Å². The summed E-state index contributed by atoms with van der Waals surface area (Å²) >= 11 is 0. The summed E-state index contributed by atoms with van der Waals surface area (Å²) in [5.41, 5.74) is 6.50. The smallest absolute Gasteiger partial charge is 0.241 e. The van der Waals surface area contributed by atoms with Crippen LogP contribution in [0.1, 0.15) is 20.3 Å². The van der Waals surface area contributed by atoms with E-state index in [1.165, 1.54) is 0 Å². The lowest BCUT2D eigenvalue weighted by atomic mass is 10.0. The molecule has 0 aliphatic rings. The maximum Gasteiger partial charge on any atom is 0.241 e. The molecule has 1 atom stereocenters. The molecular formula is C16H27ClN2O4. The molecule has 0 bridgehead atoms. The van der Waals surface area contributed by atoms with E-state index in [9.17, 15) is 4.79 Å². The maximum atomic E-state index is 12.0. The average molecular weight is 347 g/mol. The largest absolute Gasteiger partial charge is 0.493 e. The lowest BCUT2D eigenvalue weighted by Gasteiger charge is -2.16. The highest BCUT2D eigenvalue weighted by Crippen LogP contribution is 2.30. The van der Waals surface area contributed by atoms with Crippen LogP contribution < -0.4 is 20.5 Å².